The molecule has 0 atom stereocenters. The summed E-state index contributed by atoms with van der Waals surface area (Å²) in [5, 5.41) is 2.13. The maximum absolute atomic E-state index is 9.86. The molecule has 1 aromatic heterocycles. The summed E-state index contributed by atoms with van der Waals surface area (Å²) < 4.78 is 49.2. The van der Waals surface area contributed by atoms with Crippen LogP contribution >= 0.6 is 0 Å². The lowest BCUT2D eigenvalue weighted by molar-refractivity contribution is 0.769. The van der Waals surface area contributed by atoms with Crippen molar-refractivity contribution in [3.63, 3.8) is 0 Å². The van der Waals surface area contributed by atoms with Crippen LogP contribution in [0.15, 0.2) is 261 Å². The standard InChI is InChI=1S/C61H43N3/c1-7-21-44(22-8-1)61(45-35-38-54-53-33-19-20-34-59(53)64(60(54)41-45)50-31-17-6-18-32-50)57-39-36-51(62(46-23-9-2-10-24-46)47-25-11-3-12-26-47)42-55(57)56-43-52(37-40-58(56)61)63(48-27-13-4-14-28-48)49-29-15-5-16-30-49/h1-43H/i1D,7D,8D,21D,22D. The molecule has 3 nitrogen and oxygen atoms in total. The molecule has 0 fully saturated rings. The highest BCUT2D eigenvalue weighted by Crippen LogP contribution is 2.59. The third-order valence-electron chi connectivity index (χ3n) is 12.7. The number of benzene rings is 10. The van der Waals surface area contributed by atoms with E-state index >= 15 is 0 Å². The molecule has 0 aliphatic heterocycles. The van der Waals surface area contributed by atoms with Gasteiger partial charge in [-0.3, -0.25) is 0 Å². The van der Waals surface area contributed by atoms with Crippen molar-refractivity contribution in [2.75, 3.05) is 9.80 Å². The normalized spacial score (nSPS) is 13.6. The van der Waals surface area contributed by atoms with E-state index in [0.717, 1.165) is 89.4 Å². The highest BCUT2D eigenvalue weighted by molar-refractivity contribution is 6.10. The first-order valence-corrected chi connectivity index (χ1v) is 21.6. The maximum Gasteiger partial charge on any atom is 0.0714 e. The first kappa shape index (κ1) is 32.3. The van der Waals surface area contributed by atoms with E-state index < -0.39 is 11.5 Å². The topological polar surface area (TPSA) is 11.4 Å². The van der Waals surface area contributed by atoms with Crippen LogP contribution in [-0.2, 0) is 5.41 Å². The summed E-state index contributed by atoms with van der Waals surface area (Å²) >= 11 is 0. The molecule has 0 unspecified atom stereocenters. The van der Waals surface area contributed by atoms with Crippen LogP contribution in [0, 0.1) is 0 Å². The fourth-order valence-corrected chi connectivity index (χ4v) is 10.0. The van der Waals surface area contributed by atoms with Gasteiger partial charge in [-0.2, -0.15) is 0 Å². The van der Waals surface area contributed by atoms with Crippen LogP contribution in [0.5, 0.6) is 0 Å². The van der Waals surface area contributed by atoms with Gasteiger partial charge in [0.25, 0.3) is 0 Å². The minimum Gasteiger partial charge on any atom is -0.310 e. The van der Waals surface area contributed by atoms with Gasteiger partial charge in [0.15, 0.2) is 0 Å². The van der Waals surface area contributed by atoms with Crippen molar-refractivity contribution in [2.24, 2.45) is 0 Å². The maximum atomic E-state index is 9.86. The van der Waals surface area contributed by atoms with E-state index in [0.29, 0.717) is 0 Å². The average molecular weight is 823 g/mol. The molecule has 0 saturated heterocycles. The summed E-state index contributed by atoms with van der Waals surface area (Å²) in [5.74, 6) is 0. The number of rotatable bonds is 9. The van der Waals surface area contributed by atoms with Crippen LogP contribution in [0.4, 0.5) is 34.1 Å². The molecule has 64 heavy (non-hydrogen) atoms. The lowest BCUT2D eigenvalue weighted by Gasteiger charge is -2.34. The van der Waals surface area contributed by atoms with E-state index in [9.17, 15) is 5.48 Å². The molecule has 0 spiro atoms. The number of anilines is 6. The smallest absolute Gasteiger partial charge is 0.0714 e. The molecule has 1 heterocycles. The monoisotopic (exact) mass is 822 g/mol. The molecule has 12 rings (SSSR count). The van der Waals surface area contributed by atoms with Crippen molar-refractivity contribution in [1.82, 2.24) is 4.57 Å². The number of hydrogen-bond donors (Lipinski definition) is 0. The quantitative estimate of drug-likeness (QED) is 0.144. The van der Waals surface area contributed by atoms with Crippen LogP contribution in [0.2, 0.25) is 0 Å². The molecule has 0 amide bonds. The lowest BCUT2D eigenvalue weighted by Crippen LogP contribution is -2.28. The van der Waals surface area contributed by atoms with Crippen LogP contribution < -0.4 is 9.80 Å². The molecule has 11 aromatic rings. The molecule has 1 aliphatic carbocycles. The third kappa shape index (κ3) is 5.97. The predicted molar refractivity (Wildman–Crippen MR) is 267 cm³/mol. The Kier molecular flexibility index (Phi) is 7.83. The Balaban J connectivity index is 1.22. The van der Waals surface area contributed by atoms with Crippen LogP contribution in [0.1, 0.15) is 29.1 Å². The second-order valence-electron chi connectivity index (χ2n) is 16.1. The van der Waals surface area contributed by atoms with Gasteiger partial charge in [0.2, 0.25) is 0 Å². The Morgan fingerprint density at radius 3 is 1.28 bits per heavy atom. The van der Waals surface area contributed by atoms with E-state index in [1.807, 2.05) is 91.0 Å². The van der Waals surface area contributed by atoms with Gasteiger partial charge >= 0.3 is 0 Å². The Morgan fingerprint density at radius 1 is 0.344 bits per heavy atom. The first-order chi connectivity index (χ1) is 33.8. The second-order valence-corrected chi connectivity index (χ2v) is 16.1. The fraction of sp³-hybridized carbons (Fsp3) is 0.0164. The van der Waals surface area contributed by atoms with Gasteiger partial charge in [0.1, 0.15) is 0 Å². The summed E-state index contributed by atoms with van der Waals surface area (Å²) in [7, 11) is 0. The highest BCUT2D eigenvalue weighted by atomic mass is 15.1. The van der Waals surface area contributed by atoms with E-state index in [1.54, 1.807) is 0 Å². The highest BCUT2D eigenvalue weighted by Gasteiger charge is 2.47. The molecule has 10 aromatic carbocycles. The minimum absolute atomic E-state index is 0.196. The summed E-state index contributed by atoms with van der Waals surface area (Å²) in [6, 6.07) is 77.4. The van der Waals surface area contributed by atoms with Crippen molar-refractivity contribution in [1.29, 1.82) is 0 Å². The Morgan fingerprint density at radius 2 is 0.781 bits per heavy atom. The Bertz CT molecular complexity index is 3490. The number of fused-ring (bicyclic) bond motifs is 6. The van der Waals surface area contributed by atoms with E-state index in [1.165, 1.54) is 0 Å². The molecule has 1 aliphatic rings. The van der Waals surface area contributed by atoms with Gasteiger partial charge in [-0.05, 0) is 130 Å². The predicted octanol–water partition coefficient (Wildman–Crippen LogP) is 16.1. The summed E-state index contributed by atoms with van der Waals surface area (Å²) in [4.78, 5) is 4.47. The molecular formula is C61H43N3. The molecule has 302 valence electrons. The van der Waals surface area contributed by atoms with Gasteiger partial charge in [-0.15, -0.1) is 0 Å². The van der Waals surface area contributed by atoms with Gasteiger partial charge in [0.05, 0.1) is 23.3 Å². The molecule has 0 bridgehead atoms. The van der Waals surface area contributed by atoms with Crippen LogP contribution in [0.25, 0.3) is 38.6 Å². The number of hydrogen-bond acceptors (Lipinski definition) is 2. The third-order valence-corrected chi connectivity index (χ3v) is 12.7. The van der Waals surface area contributed by atoms with Crippen molar-refractivity contribution in [3.8, 4) is 16.8 Å². The second kappa shape index (κ2) is 15.5. The molecule has 0 radical (unpaired) electrons. The van der Waals surface area contributed by atoms with Gasteiger partial charge in [0, 0.05) is 50.6 Å². The van der Waals surface area contributed by atoms with Crippen LogP contribution in [-0.4, -0.2) is 4.57 Å². The Labute approximate surface area is 381 Å². The van der Waals surface area contributed by atoms with Gasteiger partial charge < -0.3 is 14.4 Å². The largest absolute Gasteiger partial charge is 0.310 e. The SMILES string of the molecule is [2H]c1c([2H])c([2H])c(C2(c3ccc4c5ccccc5n(-c5ccccc5)c4c3)c3ccc(N(c4ccccc4)c4ccccc4)cc3-c3cc(N(c4ccccc4)c4ccccc4)ccc32)c([2H])c1[2H]. The van der Waals surface area contributed by atoms with E-state index in [2.05, 4.69) is 154 Å². The van der Waals surface area contributed by atoms with Crippen molar-refractivity contribution < 1.29 is 6.85 Å². The molecule has 0 N–H and O–H groups in total. The van der Waals surface area contributed by atoms with E-state index in [-0.39, 0.29) is 29.7 Å². The average Bonchev–Trinajstić information content (AvgIpc) is 3.89. The molecular weight excluding hydrogens is 775 g/mol. The van der Waals surface area contributed by atoms with Crippen molar-refractivity contribution in [2.45, 2.75) is 5.41 Å². The lowest BCUT2D eigenvalue weighted by atomic mass is 9.67. The van der Waals surface area contributed by atoms with Gasteiger partial charge in [-0.25, -0.2) is 0 Å². The van der Waals surface area contributed by atoms with Gasteiger partial charge in [-0.1, -0.05) is 164 Å². The fourth-order valence-electron chi connectivity index (χ4n) is 10.0. The first-order valence-electron chi connectivity index (χ1n) is 24.1. The number of para-hydroxylation sites is 6. The summed E-state index contributed by atoms with van der Waals surface area (Å²) in [5.41, 5.74) is 11.7. The number of nitrogens with zero attached hydrogens (tertiary/aromatic N) is 3. The molecule has 0 saturated carbocycles. The van der Waals surface area contributed by atoms with Crippen LogP contribution in [0.3, 0.4) is 0 Å². The van der Waals surface area contributed by atoms with Crippen molar-refractivity contribution >= 4 is 55.9 Å². The zero-order valence-electron chi connectivity index (χ0n) is 39.8. The van der Waals surface area contributed by atoms with Crippen molar-refractivity contribution in [3.05, 3.63) is 283 Å². The number of aromatic nitrogens is 1. The Hall–Kier alpha value is -8.40. The van der Waals surface area contributed by atoms with E-state index in [4.69, 9.17) is 1.37 Å². The summed E-state index contributed by atoms with van der Waals surface area (Å²) in [6.45, 7) is 0. The summed E-state index contributed by atoms with van der Waals surface area (Å²) in [6.07, 6.45) is 0. The molecule has 3 heteroatoms. The minimum atomic E-state index is -1.39. The zero-order valence-corrected chi connectivity index (χ0v) is 34.8. The zero-order chi connectivity index (χ0) is 46.8.